The zero-order valence-corrected chi connectivity index (χ0v) is 14.5. The minimum atomic E-state index is -1.07. The van der Waals surface area contributed by atoms with Crippen molar-refractivity contribution >= 4 is 16.6 Å². The standard InChI is InChI=1S/C21H16O6/c1-23-18-15-10(8-13-17(18)24-13)21(20-19(25-20)16(15)22)26-11-6-2-4-9-5-3-7-12(27-21)14(9)11/h2-7,10,13,17,19-20H,8H2,1H3/t10-,13?,17?,19?,20?/m1/s1. The molecule has 7 rings (SSSR count). The minimum Gasteiger partial charge on any atom is -0.498 e. The fraction of sp³-hybridized carbons (Fsp3) is 0.381. The SMILES string of the molecule is COC1=C2C(=O)C3OC3C3(Oc4cccc5cccc(c45)O3)[C@@H]2CC2OC12. The van der Waals surface area contributed by atoms with Crippen LogP contribution in [0.15, 0.2) is 47.7 Å². The molecule has 2 saturated heterocycles. The van der Waals surface area contributed by atoms with Gasteiger partial charge in [-0.2, -0.15) is 0 Å². The van der Waals surface area contributed by atoms with Gasteiger partial charge in [0.05, 0.1) is 24.5 Å². The molecule has 2 aromatic carbocycles. The van der Waals surface area contributed by atoms with Gasteiger partial charge in [-0.15, -0.1) is 0 Å². The van der Waals surface area contributed by atoms with E-state index in [1.807, 2.05) is 36.4 Å². The van der Waals surface area contributed by atoms with Crippen molar-refractivity contribution in [1.29, 1.82) is 0 Å². The maximum absolute atomic E-state index is 13.0. The van der Waals surface area contributed by atoms with Gasteiger partial charge >= 0.3 is 0 Å². The van der Waals surface area contributed by atoms with Crippen LogP contribution >= 0.6 is 0 Å². The number of hydrogen-bond donors (Lipinski definition) is 0. The van der Waals surface area contributed by atoms with Crippen molar-refractivity contribution in [2.24, 2.45) is 5.92 Å². The van der Waals surface area contributed by atoms with Gasteiger partial charge in [0.2, 0.25) is 0 Å². The minimum absolute atomic E-state index is 0.0225. The number of benzene rings is 2. The highest BCUT2D eigenvalue weighted by Crippen LogP contribution is 2.59. The van der Waals surface area contributed by atoms with Crippen LogP contribution in [0, 0.1) is 5.92 Å². The quantitative estimate of drug-likeness (QED) is 0.724. The third-order valence-electron chi connectivity index (χ3n) is 6.41. The summed E-state index contributed by atoms with van der Waals surface area (Å²) in [5, 5.41) is 2.01. The van der Waals surface area contributed by atoms with Gasteiger partial charge in [0.15, 0.2) is 18.0 Å². The molecular weight excluding hydrogens is 348 g/mol. The third kappa shape index (κ3) is 1.62. The first-order valence-electron chi connectivity index (χ1n) is 9.24. The van der Waals surface area contributed by atoms with Gasteiger partial charge in [0.25, 0.3) is 5.79 Å². The summed E-state index contributed by atoms with van der Waals surface area (Å²) in [5.41, 5.74) is 0.613. The van der Waals surface area contributed by atoms with E-state index in [1.54, 1.807) is 7.11 Å². The Kier molecular flexibility index (Phi) is 2.39. The van der Waals surface area contributed by atoms with Gasteiger partial charge in [-0.1, -0.05) is 24.3 Å². The molecule has 5 aliphatic rings. The second-order valence-corrected chi connectivity index (χ2v) is 7.74. The predicted octanol–water partition coefficient (Wildman–Crippen LogP) is 2.35. The van der Waals surface area contributed by atoms with Crippen LogP contribution in [-0.2, 0) is 19.0 Å². The zero-order valence-electron chi connectivity index (χ0n) is 14.5. The highest BCUT2D eigenvalue weighted by atomic mass is 16.8. The van der Waals surface area contributed by atoms with E-state index in [2.05, 4.69) is 0 Å². The topological polar surface area (TPSA) is 69.8 Å². The van der Waals surface area contributed by atoms with E-state index < -0.39 is 18.0 Å². The normalized spacial score (nSPS) is 36.3. The van der Waals surface area contributed by atoms with E-state index >= 15 is 0 Å². The zero-order chi connectivity index (χ0) is 17.9. The molecule has 0 amide bonds. The van der Waals surface area contributed by atoms with Crippen molar-refractivity contribution in [2.75, 3.05) is 7.11 Å². The van der Waals surface area contributed by atoms with E-state index in [4.69, 9.17) is 23.7 Å². The number of carbonyl (C=O) groups is 1. The van der Waals surface area contributed by atoms with Gasteiger partial charge in [-0.25, -0.2) is 0 Å². The second-order valence-electron chi connectivity index (χ2n) is 7.74. The van der Waals surface area contributed by atoms with Crippen LogP contribution in [0.5, 0.6) is 11.5 Å². The molecule has 6 heteroatoms. The largest absolute Gasteiger partial charge is 0.498 e. The summed E-state index contributed by atoms with van der Waals surface area (Å²) >= 11 is 0. The van der Waals surface area contributed by atoms with Crippen LogP contribution in [-0.4, -0.2) is 43.1 Å². The van der Waals surface area contributed by atoms with Crippen LogP contribution in [0.25, 0.3) is 10.8 Å². The maximum Gasteiger partial charge on any atom is 0.287 e. The number of ketones is 1. The molecular formula is C21H16O6. The molecule has 2 aliphatic carbocycles. The highest BCUT2D eigenvalue weighted by molar-refractivity contribution is 6.04. The van der Waals surface area contributed by atoms with E-state index in [9.17, 15) is 4.79 Å². The summed E-state index contributed by atoms with van der Waals surface area (Å²) in [6, 6.07) is 11.9. The Hall–Kier alpha value is -2.57. The molecule has 3 heterocycles. The van der Waals surface area contributed by atoms with Gasteiger partial charge < -0.3 is 23.7 Å². The van der Waals surface area contributed by atoms with Gasteiger partial charge in [0, 0.05) is 5.57 Å². The lowest BCUT2D eigenvalue weighted by atomic mass is 9.71. The molecule has 0 N–H and O–H groups in total. The maximum atomic E-state index is 13.0. The monoisotopic (exact) mass is 364 g/mol. The summed E-state index contributed by atoms with van der Waals surface area (Å²) in [5.74, 6) is 0.739. The van der Waals surface area contributed by atoms with Crippen LogP contribution in [0.4, 0.5) is 0 Å². The van der Waals surface area contributed by atoms with E-state index in [0.717, 1.165) is 22.3 Å². The van der Waals surface area contributed by atoms with Crippen molar-refractivity contribution in [3.63, 3.8) is 0 Å². The number of carbonyl (C=O) groups excluding carboxylic acids is 1. The number of rotatable bonds is 1. The Morgan fingerprint density at radius 1 is 1.04 bits per heavy atom. The predicted molar refractivity (Wildman–Crippen MR) is 92.4 cm³/mol. The Labute approximate surface area is 154 Å². The summed E-state index contributed by atoms with van der Waals surface area (Å²) in [6.45, 7) is 0. The number of Topliss-reactive ketones (excluding diaryl/α,β-unsaturated/α-hetero) is 1. The average molecular weight is 364 g/mol. The lowest BCUT2D eigenvalue weighted by Gasteiger charge is -2.45. The van der Waals surface area contributed by atoms with Crippen LogP contribution in [0.2, 0.25) is 0 Å². The fourth-order valence-corrected chi connectivity index (χ4v) is 5.15. The Balaban J connectivity index is 1.45. The molecule has 6 nitrogen and oxygen atoms in total. The number of methoxy groups -OCH3 is 1. The molecule has 1 saturated carbocycles. The van der Waals surface area contributed by atoms with Crippen LogP contribution in [0.3, 0.4) is 0 Å². The van der Waals surface area contributed by atoms with E-state index in [-0.39, 0.29) is 23.9 Å². The summed E-state index contributed by atoms with van der Waals surface area (Å²) in [4.78, 5) is 13.0. The van der Waals surface area contributed by atoms with Gasteiger partial charge in [-0.05, 0) is 23.9 Å². The Morgan fingerprint density at radius 2 is 1.78 bits per heavy atom. The first-order valence-corrected chi connectivity index (χ1v) is 9.24. The molecule has 5 atom stereocenters. The Bertz CT molecular complexity index is 1030. The van der Waals surface area contributed by atoms with Crippen molar-refractivity contribution in [3.05, 3.63) is 47.7 Å². The van der Waals surface area contributed by atoms with Crippen molar-refractivity contribution in [1.82, 2.24) is 0 Å². The smallest absolute Gasteiger partial charge is 0.287 e. The third-order valence-corrected chi connectivity index (χ3v) is 6.41. The molecule has 0 radical (unpaired) electrons. The lowest BCUT2D eigenvalue weighted by molar-refractivity contribution is -0.174. The van der Waals surface area contributed by atoms with Crippen molar-refractivity contribution in [3.8, 4) is 11.5 Å². The summed E-state index contributed by atoms with van der Waals surface area (Å²) in [6.07, 6.45) is -0.397. The lowest BCUT2D eigenvalue weighted by Crippen LogP contribution is -2.61. The molecule has 136 valence electrons. The van der Waals surface area contributed by atoms with Gasteiger partial charge in [-0.3, -0.25) is 4.79 Å². The number of fused-ring (bicyclic) bond motifs is 5. The number of ether oxygens (including phenoxy) is 5. The molecule has 0 bridgehead atoms. The average Bonchev–Trinajstić information content (AvgIpc) is 3.59. The highest BCUT2D eigenvalue weighted by Gasteiger charge is 2.75. The van der Waals surface area contributed by atoms with Gasteiger partial charge in [0.1, 0.15) is 23.4 Å². The first kappa shape index (κ1) is 14.5. The molecule has 0 aromatic heterocycles. The number of hydrogen-bond acceptors (Lipinski definition) is 6. The summed E-state index contributed by atoms with van der Waals surface area (Å²) in [7, 11) is 1.59. The molecule has 3 aliphatic heterocycles. The van der Waals surface area contributed by atoms with Crippen LogP contribution < -0.4 is 9.47 Å². The Morgan fingerprint density at radius 3 is 2.48 bits per heavy atom. The fourth-order valence-electron chi connectivity index (χ4n) is 5.15. The molecule has 27 heavy (non-hydrogen) atoms. The van der Waals surface area contributed by atoms with E-state index in [0.29, 0.717) is 17.8 Å². The molecule has 4 unspecified atom stereocenters. The van der Waals surface area contributed by atoms with E-state index in [1.165, 1.54) is 0 Å². The molecule has 3 fully saturated rings. The summed E-state index contributed by atoms with van der Waals surface area (Å²) < 4.78 is 30.2. The first-order chi connectivity index (χ1) is 13.2. The number of epoxide rings is 2. The second kappa shape index (κ2) is 4.46. The van der Waals surface area contributed by atoms with Crippen LogP contribution in [0.1, 0.15) is 6.42 Å². The van der Waals surface area contributed by atoms with Crippen molar-refractivity contribution in [2.45, 2.75) is 36.6 Å². The van der Waals surface area contributed by atoms with Crippen molar-refractivity contribution < 1.29 is 28.5 Å². The molecule has 1 spiro atoms. The molecule has 2 aromatic rings.